The zero-order chi connectivity index (χ0) is 17.9. The molecule has 2 heterocycles. The van der Waals surface area contributed by atoms with Crippen LogP contribution < -0.4 is 4.74 Å². The Morgan fingerprint density at radius 2 is 1.84 bits per heavy atom. The fourth-order valence-corrected chi connectivity index (χ4v) is 4.58. The van der Waals surface area contributed by atoms with E-state index in [0.29, 0.717) is 0 Å². The number of rotatable bonds is 5. The van der Waals surface area contributed by atoms with Gasteiger partial charge in [0.25, 0.3) is 0 Å². The molecule has 1 aromatic carbocycles. The lowest BCUT2D eigenvalue weighted by atomic mass is 9.67. The van der Waals surface area contributed by atoms with E-state index in [1.54, 1.807) is 7.11 Å². The van der Waals surface area contributed by atoms with E-state index in [1.807, 2.05) is 0 Å². The molecule has 0 amide bonds. The van der Waals surface area contributed by atoms with Gasteiger partial charge in [-0.15, -0.1) is 0 Å². The molecule has 0 aliphatic carbocycles. The normalized spacial score (nSPS) is 28.0. The van der Waals surface area contributed by atoms with Crippen LogP contribution in [0, 0.1) is 0 Å². The van der Waals surface area contributed by atoms with Gasteiger partial charge in [0.1, 0.15) is 5.75 Å². The number of hydrogen-bond acceptors (Lipinski definition) is 4. The minimum atomic E-state index is -0.0821. The van der Waals surface area contributed by atoms with Gasteiger partial charge in [-0.25, -0.2) is 0 Å². The second-order valence-corrected chi connectivity index (χ2v) is 8.41. The van der Waals surface area contributed by atoms with Crippen LogP contribution in [-0.2, 0) is 10.2 Å². The number of likely N-dealkylation sites (N-methyl/N-ethyl adjacent to an activating group) is 1. The first kappa shape index (κ1) is 18.7. The van der Waals surface area contributed by atoms with E-state index in [9.17, 15) is 0 Å². The lowest BCUT2D eigenvalue weighted by Gasteiger charge is -2.47. The molecule has 140 valence electrons. The zero-order valence-corrected chi connectivity index (χ0v) is 16.4. The average Bonchev–Trinajstić information content (AvgIpc) is 2.60. The SMILES string of the molecule is COc1ccccc1[C@@]1(CCN2CCN(C)CC2)CCOC(C)(C)C1. The minimum Gasteiger partial charge on any atom is -0.496 e. The van der Waals surface area contributed by atoms with Gasteiger partial charge < -0.3 is 19.3 Å². The van der Waals surface area contributed by atoms with Crippen molar-refractivity contribution < 1.29 is 9.47 Å². The highest BCUT2D eigenvalue weighted by Crippen LogP contribution is 2.47. The number of methoxy groups -OCH3 is 1. The fraction of sp³-hybridized carbons (Fsp3) is 0.714. The number of benzene rings is 1. The van der Waals surface area contributed by atoms with Gasteiger partial charge >= 0.3 is 0 Å². The van der Waals surface area contributed by atoms with Gasteiger partial charge in [-0.2, -0.15) is 0 Å². The molecule has 0 saturated carbocycles. The largest absolute Gasteiger partial charge is 0.496 e. The third-order valence-electron chi connectivity index (χ3n) is 6.02. The number of piperazine rings is 1. The van der Waals surface area contributed by atoms with Crippen LogP contribution in [0.3, 0.4) is 0 Å². The van der Waals surface area contributed by atoms with Gasteiger partial charge in [0.15, 0.2) is 0 Å². The maximum Gasteiger partial charge on any atom is 0.122 e. The van der Waals surface area contributed by atoms with Gasteiger partial charge in [0.2, 0.25) is 0 Å². The van der Waals surface area contributed by atoms with Crippen molar-refractivity contribution in [1.29, 1.82) is 0 Å². The summed E-state index contributed by atoms with van der Waals surface area (Å²) < 4.78 is 11.8. The Morgan fingerprint density at radius 3 is 2.52 bits per heavy atom. The van der Waals surface area contributed by atoms with Crippen LogP contribution in [-0.4, -0.2) is 68.9 Å². The second-order valence-electron chi connectivity index (χ2n) is 8.41. The summed E-state index contributed by atoms with van der Waals surface area (Å²) in [5.41, 5.74) is 1.42. The number of ether oxygens (including phenoxy) is 2. The average molecular weight is 347 g/mol. The van der Waals surface area contributed by atoms with Crippen molar-refractivity contribution in [2.45, 2.75) is 44.1 Å². The van der Waals surface area contributed by atoms with E-state index in [-0.39, 0.29) is 11.0 Å². The lowest BCUT2D eigenvalue weighted by molar-refractivity contribution is -0.0859. The fourth-order valence-electron chi connectivity index (χ4n) is 4.58. The van der Waals surface area contributed by atoms with Gasteiger partial charge in [0, 0.05) is 43.8 Å². The number of nitrogens with zero attached hydrogens (tertiary/aromatic N) is 2. The van der Waals surface area contributed by atoms with Crippen molar-refractivity contribution in [2.24, 2.45) is 0 Å². The molecule has 25 heavy (non-hydrogen) atoms. The molecule has 2 saturated heterocycles. The number of para-hydroxylation sites is 1. The molecular weight excluding hydrogens is 312 g/mol. The second kappa shape index (κ2) is 7.65. The molecule has 1 atom stereocenters. The summed E-state index contributed by atoms with van der Waals surface area (Å²) in [5, 5.41) is 0. The lowest BCUT2D eigenvalue weighted by Crippen LogP contribution is -2.48. The maximum absolute atomic E-state index is 6.06. The number of hydrogen-bond donors (Lipinski definition) is 0. The molecule has 1 aromatic rings. The zero-order valence-electron chi connectivity index (χ0n) is 16.4. The van der Waals surface area contributed by atoms with Crippen LogP contribution in [0.15, 0.2) is 24.3 Å². The first-order valence-corrected chi connectivity index (χ1v) is 9.63. The molecular formula is C21H34N2O2. The molecule has 2 fully saturated rings. The topological polar surface area (TPSA) is 24.9 Å². The molecule has 0 spiro atoms. The van der Waals surface area contributed by atoms with Crippen LogP contribution in [0.2, 0.25) is 0 Å². The molecule has 0 N–H and O–H groups in total. The predicted molar refractivity (Wildman–Crippen MR) is 102 cm³/mol. The highest BCUT2D eigenvalue weighted by molar-refractivity contribution is 5.40. The Hall–Kier alpha value is -1.10. The van der Waals surface area contributed by atoms with E-state index in [4.69, 9.17) is 9.47 Å². The van der Waals surface area contributed by atoms with Crippen LogP contribution in [0.1, 0.15) is 38.7 Å². The Morgan fingerprint density at radius 1 is 1.12 bits per heavy atom. The Labute approximate surface area is 153 Å². The summed E-state index contributed by atoms with van der Waals surface area (Å²) in [6.45, 7) is 11.2. The van der Waals surface area contributed by atoms with E-state index in [0.717, 1.165) is 31.7 Å². The van der Waals surface area contributed by atoms with Crippen LogP contribution >= 0.6 is 0 Å². The van der Waals surface area contributed by atoms with E-state index in [2.05, 4.69) is 55.0 Å². The van der Waals surface area contributed by atoms with Gasteiger partial charge in [-0.3, -0.25) is 0 Å². The van der Waals surface area contributed by atoms with Crippen molar-refractivity contribution in [2.75, 3.05) is 53.5 Å². The van der Waals surface area contributed by atoms with Crippen molar-refractivity contribution >= 4 is 0 Å². The minimum absolute atomic E-state index is 0.0821. The van der Waals surface area contributed by atoms with Gasteiger partial charge in [-0.05, 0) is 52.8 Å². The summed E-state index contributed by atoms with van der Waals surface area (Å²) in [4.78, 5) is 5.05. The van der Waals surface area contributed by atoms with Gasteiger partial charge in [-0.1, -0.05) is 18.2 Å². The third kappa shape index (κ3) is 4.36. The molecule has 0 bridgehead atoms. The summed E-state index contributed by atoms with van der Waals surface area (Å²) in [5.74, 6) is 1.03. The summed E-state index contributed by atoms with van der Waals surface area (Å²) in [7, 11) is 4.01. The molecule has 0 radical (unpaired) electrons. The molecule has 0 unspecified atom stereocenters. The van der Waals surface area contributed by atoms with Crippen molar-refractivity contribution in [3.05, 3.63) is 29.8 Å². The Kier molecular flexibility index (Phi) is 5.71. The van der Waals surface area contributed by atoms with Gasteiger partial charge in [0.05, 0.1) is 12.7 Å². The monoisotopic (exact) mass is 346 g/mol. The predicted octanol–water partition coefficient (Wildman–Crippen LogP) is 3.16. The first-order chi connectivity index (χ1) is 11.9. The molecule has 4 nitrogen and oxygen atoms in total. The van der Waals surface area contributed by atoms with Crippen LogP contribution in [0.25, 0.3) is 0 Å². The summed E-state index contributed by atoms with van der Waals surface area (Å²) in [6.07, 6.45) is 3.29. The first-order valence-electron chi connectivity index (χ1n) is 9.63. The smallest absolute Gasteiger partial charge is 0.122 e. The summed E-state index contributed by atoms with van der Waals surface area (Å²) >= 11 is 0. The maximum atomic E-state index is 6.06. The molecule has 0 aromatic heterocycles. The molecule has 2 aliphatic rings. The van der Waals surface area contributed by atoms with Crippen molar-refractivity contribution in [1.82, 2.24) is 9.80 Å². The molecule has 3 rings (SSSR count). The van der Waals surface area contributed by atoms with Crippen molar-refractivity contribution in [3.63, 3.8) is 0 Å². The van der Waals surface area contributed by atoms with Crippen LogP contribution in [0.5, 0.6) is 5.75 Å². The van der Waals surface area contributed by atoms with E-state index >= 15 is 0 Å². The summed E-state index contributed by atoms with van der Waals surface area (Å²) in [6, 6.07) is 8.60. The van der Waals surface area contributed by atoms with Crippen LogP contribution in [0.4, 0.5) is 0 Å². The highest BCUT2D eigenvalue weighted by Gasteiger charge is 2.43. The third-order valence-corrected chi connectivity index (χ3v) is 6.02. The highest BCUT2D eigenvalue weighted by atomic mass is 16.5. The molecule has 4 heteroatoms. The van der Waals surface area contributed by atoms with Crippen molar-refractivity contribution in [3.8, 4) is 5.75 Å². The quantitative estimate of drug-likeness (QED) is 0.818. The standard InChI is InChI=1S/C21H34N2O2/c1-20(2)17-21(10-16-25-20,18-7-5-6-8-19(18)24-4)9-11-23-14-12-22(3)13-15-23/h5-8H,9-17H2,1-4H3/t21-/m0/s1. The Balaban J connectivity index is 1.82. The Bertz CT molecular complexity index is 567. The van der Waals surface area contributed by atoms with E-state index < -0.39 is 0 Å². The van der Waals surface area contributed by atoms with E-state index in [1.165, 1.54) is 38.2 Å². The molecule has 2 aliphatic heterocycles.